The molecule has 0 aromatic heterocycles. The third-order valence-corrected chi connectivity index (χ3v) is 0.851. The van der Waals surface area contributed by atoms with Crippen LogP contribution >= 0.6 is 11.9 Å². The molecule has 0 saturated heterocycles. The van der Waals surface area contributed by atoms with Crippen LogP contribution in [-0.2, 0) is 0 Å². The van der Waals surface area contributed by atoms with Gasteiger partial charge in [0.25, 0.3) is 0 Å². The highest BCUT2D eigenvalue weighted by Gasteiger charge is 1.72. The molecular formula is C3H9NOS. The van der Waals surface area contributed by atoms with E-state index < -0.39 is 0 Å². The van der Waals surface area contributed by atoms with Crippen molar-refractivity contribution in [3.05, 3.63) is 0 Å². The Morgan fingerprint density at radius 3 is 2.67 bits per heavy atom. The Morgan fingerprint density at radius 1 is 1.83 bits per heavy atom. The minimum Gasteiger partial charge on any atom is -0.395 e. The van der Waals surface area contributed by atoms with E-state index >= 15 is 0 Å². The lowest BCUT2D eigenvalue weighted by atomic mass is 10.8. The smallest absolute Gasteiger partial charge is 0.0565 e. The zero-order chi connectivity index (χ0) is 4.83. The lowest BCUT2D eigenvalue weighted by Crippen LogP contribution is -2.07. The van der Waals surface area contributed by atoms with Crippen molar-refractivity contribution in [2.75, 3.05) is 19.4 Å². The zero-order valence-electron chi connectivity index (χ0n) is 3.77. The van der Waals surface area contributed by atoms with Crippen LogP contribution in [0.1, 0.15) is 0 Å². The van der Waals surface area contributed by atoms with Crippen molar-refractivity contribution in [2.45, 2.75) is 0 Å². The van der Waals surface area contributed by atoms with E-state index in [4.69, 9.17) is 5.11 Å². The molecule has 0 unspecified atom stereocenters. The Balaban J connectivity index is 2.34. The van der Waals surface area contributed by atoms with E-state index in [1.807, 2.05) is 6.26 Å². The molecule has 0 bridgehead atoms. The molecular weight excluding hydrogens is 98.1 g/mol. The van der Waals surface area contributed by atoms with E-state index in [1.165, 1.54) is 11.9 Å². The maximum atomic E-state index is 8.12. The first kappa shape index (κ1) is 6.27. The molecule has 0 amide bonds. The van der Waals surface area contributed by atoms with E-state index in [-0.39, 0.29) is 6.61 Å². The van der Waals surface area contributed by atoms with Gasteiger partial charge >= 0.3 is 0 Å². The van der Waals surface area contributed by atoms with Crippen LogP contribution in [0.25, 0.3) is 0 Å². The van der Waals surface area contributed by atoms with Gasteiger partial charge in [-0.25, -0.2) is 0 Å². The second kappa shape index (κ2) is 5.27. The number of rotatable bonds is 3. The molecule has 0 aliphatic heterocycles. The molecule has 38 valence electrons. The van der Waals surface area contributed by atoms with Gasteiger partial charge in [0.15, 0.2) is 0 Å². The van der Waals surface area contributed by atoms with Crippen LogP contribution in [0.4, 0.5) is 0 Å². The zero-order valence-corrected chi connectivity index (χ0v) is 4.59. The van der Waals surface area contributed by atoms with Gasteiger partial charge in [0.2, 0.25) is 0 Å². The van der Waals surface area contributed by atoms with Gasteiger partial charge in [-0.3, -0.25) is 4.72 Å². The number of nitrogens with one attached hydrogen (secondary N) is 1. The molecule has 2 N–H and O–H groups in total. The van der Waals surface area contributed by atoms with Crippen molar-refractivity contribution in [3.63, 3.8) is 0 Å². The molecule has 0 radical (unpaired) electrons. The van der Waals surface area contributed by atoms with Crippen molar-refractivity contribution in [1.82, 2.24) is 4.72 Å². The fourth-order valence-corrected chi connectivity index (χ4v) is 0.443. The Bertz CT molecular complexity index is 22.8. The Morgan fingerprint density at radius 2 is 2.50 bits per heavy atom. The van der Waals surface area contributed by atoms with E-state index in [2.05, 4.69) is 4.72 Å². The summed E-state index contributed by atoms with van der Waals surface area (Å²) in [7, 11) is 0. The van der Waals surface area contributed by atoms with Gasteiger partial charge in [0, 0.05) is 6.54 Å². The molecule has 0 spiro atoms. The summed E-state index contributed by atoms with van der Waals surface area (Å²) in [5, 5.41) is 8.12. The van der Waals surface area contributed by atoms with Gasteiger partial charge in [0.1, 0.15) is 0 Å². The fraction of sp³-hybridized carbons (Fsp3) is 1.00. The highest BCUT2D eigenvalue weighted by atomic mass is 32.2. The number of hydrogen-bond donors (Lipinski definition) is 2. The minimum atomic E-state index is 0.223. The van der Waals surface area contributed by atoms with Crippen LogP contribution in [0.15, 0.2) is 0 Å². The summed E-state index contributed by atoms with van der Waals surface area (Å²) >= 11 is 1.52. The van der Waals surface area contributed by atoms with Crippen molar-refractivity contribution in [2.24, 2.45) is 0 Å². The van der Waals surface area contributed by atoms with Crippen molar-refractivity contribution < 1.29 is 5.11 Å². The summed E-state index contributed by atoms with van der Waals surface area (Å²) in [6, 6.07) is 0. The van der Waals surface area contributed by atoms with Gasteiger partial charge < -0.3 is 5.11 Å². The fourth-order valence-electron chi connectivity index (χ4n) is 0.148. The first-order chi connectivity index (χ1) is 2.91. The maximum Gasteiger partial charge on any atom is 0.0565 e. The predicted octanol–water partition coefficient (Wildman–Crippen LogP) is -0.154. The van der Waals surface area contributed by atoms with E-state index in [0.29, 0.717) is 6.54 Å². The second-order valence-corrected chi connectivity index (χ2v) is 1.52. The third-order valence-electron chi connectivity index (χ3n) is 0.358. The SMILES string of the molecule is CSNCCO. The average Bonchev–Trinajstić information content (AvgIpc) is 1.61. The molecule has 0 aliphatic rings. The molecule has 0 aromatic carbocycles. The highest BCUT2D eigenvalue weighted by Crippen LogP contribution is 1.76. The number of hydrogen-bond acceptors (Lipinski definition) is 3. The van der Waals surface area contributed by atoms with Crippen LogP contribution in [0, 0.1) is 0 Å². The Labute approximate surface area is 42.1 Å². The number of aliphatic hydroxyl groups excluding tert-OH is 1. The molecule has 0 atom stereocenters. The lowest BCUT2D eigenvalue weighted by molar-refractivity contribution is 0.302. The standard InChI is InChI=1S/C3H9NOS/c1-6-4-2-3-5/h4-5H,2-3H2,1H3. The average molecular weight is 107 g/mol. The molecule has 0 saturated carbocycles. The molecule has 0 rings (SSSR count). The van der Waals surface area contributed by atoms with Crippen LogP contribution < -0.4 is 4.72 Å². The molecule has 2 nitrogen and oxygen atoms in total. The lowest BCUT2D eigenvalue weighted by Gasteiger charge is -1.90. The summed E-state index contributed by atoms with van der Waals surface area (Å²) in [6.45, 7) is 0.905. The Hall–Kier alpha value is 0.270. The van der Waals surface area contributed by atoms with Gasteiger partial charge in [-0.15, -0.1) is 0 Å². The second-order valence-electron chi connectivity index (χ2n) is 0.822. The normalized spacial score (nSPS) is 9.00. The van der Waals surface area contributed by atoms with Crippen molar-refractivity contribution >= 4 is 11.9 Å². The van der Waals surface area contributed by atoms with Gasteiger partial charge in [0.05, 0.1) is 6.61 Å². The molecule has 0 heterocycles. The predicted molar refractivity (Wildman–Crippen MR) is 28.6 cm³/mol. The van der Waals surface area contributed by atoms with Crippen LogP contribution in [0.5, 0.6) is 0 Å². The van der Waals surface area contributed by atoms with Crippen LogP contribution in [0.2, 0.25) is 0 Å². The maximum absolute atomic E-state index is 8.12. The van der Waals surface area contributed by atoms with Crippen molar-refractivity contribution in [3.8, 4) is 0 Å². The van der Waals surface area contributed by atoms with Gasteiger partial charge in [-0.1, -0.05) is 11.9 Å². The van der Waals surface area contributed by atoms with Crippen molar-refractivity contribution in [1.29, 1.82) is 0 Å². The molecule has 0 aliphatic carbocycles. The third kappa shape index (κ3) is 4.27. The van der Waals surface area contributed by atoms with Gasteiger partial charge in [-0.05, 0) is 6.26 Å². The summed E-state index contributed by atoms with van der Waals surface area (Å²) < 4.78 is 2.86. The number of aliphatic hydroxyl groups is 1. The summed E-state index contributed by atoms with van der Waals surface area (Å²) in [4.78, 5) is 0. The van der Waals surface area contributed by atoms with E-state index in [1.54, 1.807) is 0 Å². The van der Waals surface area contributed by atoms with Gasteiger partial charge in [-0.2, -0.15) is 0 Å². The first-order valence-electron chi connectivity index (χ1n) is 1.78. The summed E-state index contributed by atoms with van der Waals surface area (Å²) in [6.07, 6.45) is 1.93. The Kier molecular flexibility index (Phi) is 5.51. The summed E-state index contributed by atoms with van der Waals surface area (Å²) in [5.74, 6) is 0. The topological polar surface area (TPSA) is 32.3 Å². The van der Waals surface area contributed by atoms with Crippen LogP contribution in [-0.4, -0.2) is 24.5 Å². The molecule has 6 heavy (non-hydrogen) atoms. The molecule has 0 fully saturated rings. The quantitative estimate of drug-likeness (QED) is 0.388. The largest absolute Gasteiger partial charge is 0.395 e. The first-order valence-corrected chi connectivity index (χ1v) is 3.01. The van der Waals surface area contributed by atoms with E-state index in [9.17, 15) is 0 Å². The summed E-state index contributed by atoms with van der Waals surface area (Å²) in [5.41, 5.74) is 0. The minimum absolute atomic E-state index is 0.223. The van der Waals surface area contributed by atoms with E-state index in [0.717, 1.165) is 0 Å². The highest BCUT2D eigenvalue weighted by molar-refractivity contribution is 7.96. The van der Waals surface area contributed by atoms with Crippen LogP contribution in [0.3, 0.4) is 0 Å². The molecule has 0 aromatic rings. The molecule has 3 heteroatoms. The monoisotopic (exact) mass is 107 g/mol.